The van der Waals surface area contributed by atoms with Crippen LogP contribution in [0.25, 0.3) is 0 Å². The van der Waals surface area contributed by atoms with Crippen LogP contribution in [0.1, 0.15) is 31.4 Å². The summed E-state index contributed by atoms with van der Waals surface area (Å²) in [5.74, 6) is 0. The third kappa shape index (κ3) is 4.15. The molecule has 0 radical (unpaired) electrons. The van der Waals surface area contributed by atoms with Crippen molar-refractivity contribution in [3.63, 3.8) is 0 Å². The van der Waals surface area contributed by atoms with Crippen LogP contribution in [0.2, 0.25) is 0 Å². The fourth-order valence-corrected chi connectivity index (χ4v) is 2.27. The molecule has 1 aliphatic heterocycles. The molecule has 0 saturated carbocycles. The zero-order valence-electron chi connectivity index (χ0n) is 11.7. The van der Waals surface area contributed by atoms with Gasteiger partial charge >= 0.3 is 0 Å². The molecular formula is C15H20N2O3. The summed E-state index contributed by atoms with van der Waals surface area (Å²) < 4.78 is 5.27. The fourth-order valence-electron chi connectivity index (χ4n) is 2.27. The predicted molar refractivity (Wildman–Crippen MR) is 77.7 cm³/mol. The monoisotopic (exact) mass is 276 g/mol. The Hall–Kier alpha value is -1.72. The van der Waals surface area contributed by atoms with Gasteiger partial charge in [-0.3, -0.25) is 10.1 Å². The van der Waals surface area contributed by atoms with Gasteiger partial charge in [-0.05, 0) is 31.9 Å². The summed E-state index contributed by atoms with van der Waals surface area (Å²) in [7, 11) is 0. The molecule has 0 aliphatic carbocycles. The van der Waals surface area contributed by atoms with Gasteiger partial charge < -0.3 is 10.1 Å². The highest BCUT2D eigenvalue weighted by molar-refractivity contribution is 5.35. The van der Waals surface area contributed by atoms with E-state index in [4.69, 9.17) is 4.74 Å². The smallest absolute Gasteiger partial charge is 0.269 e. The van der Waals surface area contributed by atoms with Gasteiger partial charge in [-0.25, -0.2) is 0 Å². The number of rotatable bonds is 6. The molecule has 1 aliphatic rings. The van der Waals surface area contributed by atoms with E-state index in [1.807, 2.05) is 13.0 Å². The van der Waals surface area contributed by atoms with Crippen LogP contribution in [-0.2, 0) is 4.74 Å². The zero-order valence-corrected chi connectivity index (χ0v) is 11.7. The number of non-ortho nitro benzene ring substituents is 1. The maximum Gasteiger partial charge on any atom is 0.269 e. The number of nitro benzene ring substituents is 1. The van der Waals surface area contributed by atoms with E-state index in [9.17, 15) is 10.1 Å². The van der Waals surface area contributed by atoms with E-state index in [2.05, 4.69) is 11.4 Å². The van der Waals surface area contributed by atoms with E-state index < -0.39 is 0 Å². The number of benzene rings is 1. The highest BCUT2D eigenvalue weighted by Crippen LogP contribution is 2.19. The van der Waals surface area contributed by atoms with Gasteiger partial charge in [0.15, 0.2) is 0 Å². The SMILES string of the molecule is C[C@H](NCCC1=CCOCC1)c1cccc([N+](=O)[O-])c1. The number of nitrogens with zero attached hydrogens (tertiary/aromatic N) is 1. The van der Waals surface area contributed by atoms with Crippen LogP contribution >= 0.6 is 0 Å². The van der Waals surface area contributed by atoms with Gasteiger partial charge in [0.05, 0.1) is 18.1 Å². The topological polar surface area (TPSA) is 64.4 Å². The average molecular weight is 276 g/mol. The van der Waals surface area contributed by atoms with Crippen molar-refractivity contribution in [3.8, 4) is 0 Å². The summed E-state index contributed by atoms with van der Waals surface area (Å²) in [6, 6.07) is 6.90. The van der Waals surface area contributed by atoms with Gasteiger partial charge in [0, 0.05) is 18.2 Å². The molecule has 1 atom stereocenters. The van der Waals surface area contributed by atoms with E-state index >= 15 is 0 Å². The Morgan fingerprint density at radius 3 is 3.05 bits per heavy atom. The standard InChI is InChI=1S/C15H20N2O3/c1-12(14-3-2-4-15(11-14)17(18)19)16-8-5-13-6-9-20-10-7-13/h2-4,6,11-12,16H,5,7-10H2,1H3/t12-/m0/s1. The molecule has 0 spiro atoms. The van der Waals surface area contributed by atoms with Crippen LogP contribution in [0.15, 0.2) is 35.9 Å². The molecular weight excluding hydrogens is 256 g/mol. The lowest BCUT2D eigenvalue weighted by atomic mass is 10.1. The Morgan fingerprint density at radius 2 is 2.35 bits per heavy atom. The van der Waals surface area contributed by atoms with E-state index in [0.29, 0.717) is 0 Å². The predicted octanol–water partition coefficient (Wildman–Crippen LogP) is 2.98. The van der Waals surface area contributed by atoms with Crippen LogP contribution in [0.5, 0.6) is 0 Å². The van der Waals surface area contributed by atoms with E-state index in [-0.39, 0.29) is 16.7 Å². The number of ether oxygens (including phenoxy) is 1. The summed E-state index contributed by atoms with van der Waals surface area (Å²) in [6.07, 6.45) is 4.15. The maximum atomic E-state index is 10.8. The van der Waals surface area contributed by atoms with E-state index in [1.165, 1.54) is 11.6 Å². The molecule has 1 N–H and O–H groups in total. The molecule has 0 amide bonds. The van der Waals surface area contributed by atoms with E-state index in [1.54, 1.807) is 12.1 Å². The molecule has 20 heavy (non-hydrogen) atoms. The molecule has 1 aromatic rings. The first-order chi connectivity index (χ1) is 9.66. The first-order valence-corrected chi connectivity index (χ1v) is 6.90. The van der Waals surface area contributed by atoms with E-state index in [0.717, 1.165) is 38.2 Å². The van der Waals surface area contributed by atoms with Crippen molar-refractivity contribution in [1.29, 1.82) is 0 Å². The molecule has 2 rings (SSSR count). The van der Waals surface area contributed by atoms with Crippen LogP contribution in [-0.4, -0.2) is 24.7 Å². The normalized spacial score (nSPS) is 16.6. The van der Waals surface area contributed by atoms with Gasteiger partial charge in [-0.2, -0.15) is 0 Å². The summed E-state index contributed by atoms with van der Waals surface area (Å²) in [5, 5.41) is 14.2. The number of hydrogen-bond donors (Lipinski definition) is 1. The molecule has 1 heterocycles. The molecule has 0 saturated heterocycles. The zero-order chi connectivity index (χ0) is 14.4. The first-order valence-electron chi connectivity index (χ1n) is 6.90. The molecule has 108 valence electrons. The lowest BCUT2D eigenvalue weighted by Crippen LogP contribution is -2.21. The Balaban J connectivity index is 1.85. The summed E-state index contributed by atoms with van der Waals surface area (Å²) in [5.41, 5.74) is 2.51. The first kappa shape index (κ1) is 14.7. The highest BCUT2D eigenvalue weighted by atomic mass is 16.6. The fraction of sp³-hybridized carbons (Fsp3) is 0.467. The Labute approximate surface area is 118 Å². The van der Waals surface area contributed by atoms with Crippen molar-refractivity contribution in [2.45, 2.75) is 25.8 Å². The van der Waals surface area contributed by atoms with Crippen LogP contribution in [0.3, 0.4) is 0 Å². The van der Waals surface area contributed by atoms with Crippen molar-refractivity contribution >= 4 is 5.69 Å². The lowest BCUT2D eigenvalue weighted by Gasteiger charge is -2.17. The van der Waals surface area contributed by atoms with Crippen molar-refractivity contribution in [3.05, 3.63) is 51.6 Å². The van der Waals surface area contributed by atoms with Gasteiger partial charge in [0.1, 0.15) is 0 Å². The Morgan fingerprint density at radius 1 is 1.50 bits per heavy atom. The summed E-state index contributed by atoms with van der Waals surface area (Å²) in [6.45, 7) is 4.43. The molecule has 0 fully saturated rings. The van der Waals surface area contributed by atoms with Gasteiger partial charge in [-0.1, -0.05) is 23.8 Å². The number of hydrogen-bond acceptors (Lipinski definition) is 4. The van der Waals surface area contributed by atoms with Crippen molar-refractivity contribution in [2.24, 2.45) is 0 Å². The van der Waals surface area contributed by atoms with Crippen LogP contribution in [0, 0.1) is 10.1 Å². The van der Waals surface area contributed by atoms with Gasteiger partial charge in [0.25, 0.3) is 5.69 Å². The van der Waals surface area contributed by atoms with Crippen molar-refractivity contribution < 1.29 is 9.66 Å². The second-order valence-electron chi connectivity index (χ2n) is 4.97. The van der Waals surface area contributed by atoms with Crippen molar-refractivity contribution in [2.75, 3.05) is 19.8 Å². The van der Waals surface area contributed by atoms with Gasteiger partial charge in [-0.15, -0.1) is 0 Å². The minimum absolute atomic E-state index is 0.107. The molecule has 1 aromatic carbocycles. The second-order valence-corrected chi connectivity index (χ2v) is 4.97. The van der Waals surface area contributed by atoms with Crippen LogP contribution in [0.4, 0.5) is 5.69 Å². The maximum absolute atomic E-state index is 10.8. The van der Waals surface area contributed by atoms with Crippen LogP contribution < -0.4 is 5.32 Å². The number of nitro groups is 1. The highest BCUT2D eigenvalue weighted by Gasteiger charge is 2.11. The molecule has 0 aromatic heterocycles. The molecule has 5 nitrogen and oxygen atoms in total. The Kier molecular flexibility index (Phi) is 5.26. The number of nitrogens with one attached hydrogen (secondary N) is 1. The quantitative estimate of drug-likeness (QED) is 0.493. The Bertz CT molecular complexity index is 500. The lowest BCUT2D eigenvalue weighted by molar-refractivity contribution is -0.384. The second kappa shape index (κ2) is 7.17. The average Bonchev–Trinajstić information content (AvgIpc) is 2.48. The van der Waals surface area contributed by atoms with Crippen molar-refractivity contribution in [1.82, 2.24) is 5.32 Å². The van der Waals surface area contributed by atoms with Gasteiger partial charge in [0.2, 0.25) is 0 Å². The minimum atomic E-state index is -0.358. The summed E-state index contributed by atoms with van der Waals surface area (Å²) >= 11 is 0. The molecule has 0 bridgehead atoms. The molecule has 0 unspecified atom stereocenters. The molecule has 5 heteroatoms. The summed E-state index contributed by atoms with van der Waals surface area (Å²) in [4.78, 5) is 10.4. The third-order valence-electron chi connectivity index (χ3n) is 3.54. The third-order valence-corrected chi connectivity index (χ3v) is 3.54. The minimum Gasteiger partial charge on any atom is -0.377 e. The largest absolute Gasteiger partial charge is 0.377 e.